The Morgan fingerprint density at radius 3 is 2.18 bits per heavy atom. The third kappa shape index (κ3) is 4.54. The first-order valence-electron chi connectivity index (χ1n) is 3.93. The highest BCUT2D eigenvalue weighted by molar-refractivity contribution is 5.93. The Labute approximate surface area is 110 Å². The van der Waals surface area contributed by atoms with Gasteiger partial charge in [0.25, 0.3) is 5.91 Å². The lowest BCUT2D eigenvalue weighted by molar-refractivity contribution is 0.0996. The molecule has 96 valence electrons. The quantitative estimate of drug-likeness (QED) is 0.820. The molecule has 6 N–H and O–H groups in total. The molecule has 0 bridgehead atoms. The van der Waals surface area contributed by atoms with Gasteiger partial charge in [-0.3, -0.25) is 4.79 Å². The van der Waals surface area contributed by atoms with Gasteiger partial charge in [-0.1, -0.05) is 24.3 Å². The molecule has 2 aromatic rings. The monoisotopic (exact) mass is 280 g/mol. The van der Waals surface area contributed by atoms with E-state index in [0.717, 1.165) is 10.9 Å². The molecule has 0 unspecified atom stereocenters. The molecule has 2 rings (SSSR count). The summed E-state index contributed by atoms with van der Waals surface area (Å²) in [5.74, 6) is -0.495. The maximum absolute atomic E-state index is 10.8. The van der Waals surface area contributed by atoms with Gasteiger partial charge >= 0.3 is 0 Å². The SMILES string of the molecule is Cl.Cl.NC(=O)c1ccc2ccccc2n1.O.O. The summed E-state index contributed by atoms with van der Waals surface area (Å²) < 4.78 is 0. The number of hydrogen-bond donors (Lipinski definition) is 1. The van der Waals surface area contributed by atoms with Gasteiger partial charge in [0.15, 0.2) is 0 Å². The Kier molecular flexibility index (Phi) is 10.7. The van der Waals surface area contributed by atoms with E-state index in [2.05, 4.69) is 4.98 Å². The van der Waals surface area contributed by atoms with Crippen molar-refractivity contribution in [2.45, 2.75) is 0 Å². The molecule has 1 heterocycles. The van der Waals surface area contributed by atoms with Crippen molar-refractivity contribution < 1.29 is 15.7 Å². The number of fused-ring (bicyclic) bond motifs is 1. The number of nitrogens with two attached hydrogens (primary N) is 1. The van der Waals surface area contributed by atoms with Gasteiger partial charge in [-0.25, -0.2) is 4.98 Å². The predicted octanol–water partition coefficient (Wildman–Crippen LogP) is 0.528. The highest BCUT2D eigenvalue weighted by atomic mass is 35.5. The molecule has 0 aliphatic rings. The highest BCUT2D eigenvalue weighted by Crippen LogP contribution is 2.10. The van der Waals surface area contributed by atoms with Crippen LogP contribution in [0.5, 0.6) is 0 Å². The lowest BCUT2D eigenvalue weighted by Crippen LogP contribution is -2.12. The number of benzene rings is 1. The van der Waals surface area contributed by atoms with E-state index in [0.29, 0.717) is 5.69 Å². The van der Waals surface area contributed by atoms with E-state index < -0.39 is 5.91 Å². The van der Waals surface area contributed by atoms with Crippen LogP contribution in [-0.4, -0.2) is 21.8 Å². The van der Waals surface area contributed by atoms with Gasteiger partial charge < -0.3 is 16.7 Å². The maximum Gasteiger partial charge on any atom is 0.267 e. The summed E-state index contributed by atoms with van der Waals surface area (Å²) in [6.07, 6.45) is 0. The number of amides is 1. The predicted molar refractivity (Wildman–Crippen MR) is 72.0 cm³/mol. The third-order valence-corrected chi connectivity index (χ3v) is 1.85. The van der Waals surface area contributed by atoms with E-state index in [-0.39, 0.29) is 35.8 Å². The van der Waals surface area contributed by atoms with Gasteiger partial charge in [0.05, 0.1) is 5.52 Å². The zero-order valence-electron chi connectivity index (χ0n) is 8.71. The van der Waals surface area contributed by atoms with E-state index in [1.165, 1.54) is 0 Å². The van der Waals surface area contributed by atoms with Crippen molar-refractivity contribution in [3.63, 3.8) is 0 Å². The molecule has 5 nitrogen and oxygen atoms in total. The number of pyridine rings is 1. The van der Waals surface area contributed by atoms with Gasteiger partial charge in [0.1, 0.15) is 5.69 Å². The molecule has 7 heteroatoms. The molecule has 1 amide bonds. The van der Waals surface area contributed by atoms with Crippen LogP contribution in [0.4, 0.5) is 0 Å². The maximum atomic E-state index is 10.8. The van der Waals surface area contributed by atoms with Crippen LogP contribution in [0.2, 0.25) is 0 Å². The van der Waals surface area contributed by atoms with Crippen LogP contribution < -0.4 is 5.73 Å². The zero-order chi connectivity index (χ0) is 9.26. The minimum atomic E-state index is -0.495. The van der Waals surface area contributed by atoms with E-state index >= 15 is 0 Å². The molecule has 0 radical (unpaired) electrons. The van der Waals surface area contributed by atoms with Gasteiger partial charge in [-0.2, -0.15) is 0 Å². The molecule has 1 aromatic carbocycles. The fraction of sp³-hybridized carbons (Fsp3) is 0. The Balaban J connectivity index is -0.000000490. The number of carbonyl (C=O) groups is 1. The molecular weight excluding hydrogens is 267 g/mol. The van der Waals surface area contributed by atoms with Crippen molar-refractivity contribution in [3.05, 3.63) is 42.1 Å². The topological polar surface area (TPSA) is 119 Å². The first-order valence-corrected chi connectivity index (χ1v) is 3.93. The molecule has 0 saturated heterocycles. The number of rotatable bonds is 1. The van der Waals surface area contributed by atoms with E-state index in [4.69, 9.17) is 5.73 Å². The van der Waals surface area contributed by atoms with Crippen LogP contribution in [0.3, 0.4) is 0 Å². The van der Waals surface area contributed by atoms with E-state index in [1.807, 2.05) is 30.3 Å². The van der Waals surface area contributed by atoms with Gasteiger partial charge in [0, 0.05) is 5.39 Å². The summed E-state index contributed by atoms with van der Waals surface area (Å²) in [5.41, 5.74) is 6.20. The number of nitrogens with zero attached hydrogens (tertiary/aromatic N) is 1. The largest absolute Gasteiger partial charge is 0.412 e. The second-order valence-electron chi connectivity index (χ2n) is 2.75. The highest BCUT2D eigenvalue weighted by Gasteiger charge is 2.01. The Bertz CT molecular complexity index is 480. The summed E-state index contributed by atoms with van der Waals surface area (Å²) in [6, 6.07) is 11.1. The number of primary amides is 1. The van der Waals surface area contributed by atoms with Crippen LogP contribution in [-0.2, 0) is 0 Å². The van der Waals surface area contributed by atoms with Crippen molar-refractivity contribution in [1.82, 2.24) is 4.98 Å². The second-order valence-corrected chi connectivity index (χ2v) is 2.75. The number of aromatic nitrogens is 1. The molecule has 0 fully saturated rings. The lowest BCUT2D eigenvalue weighted by atomic mass is 10.2. The minimum Gasteiger partial charge on any atom is -0.412 e. The molecule has 0 aliphatic carbocycles. The van der Waals surface area contributed by atoms with Crippen LogP contribution in [0.15, 0.2) is 36.4 Å². The van der Waals surface area contributed by atoms with Crippen LogP contribution in [0.25, 0.3) is 10.9 Å². The molecule has 17 heavy (non-hydrogen) atoms. The summed E-state index contributed by atoms with van der Waals surface area (Å²) in [5, 5.41) is 1.01. The molecule has 0 spiro atoms. The van der Waals surface area contributed by atoms with Crippen molar-refractivity contribution in [2.75, 3.05) is 0 Å². The minimum absolute atomic E-state index is 0. The Morgan fingerprint density at radius 2 is 1.59 bits per heavy atom. The standard InChI is InChI=1S/C10H8N2O.2ClH.2H2O/c11-10(13)9-6-5-7-3-1-2-4-8(7)12-9;;;;/h1-6H,(H2,11,13);2*1H;2*1H2. The lowest BCUT2D eigenvalue weighted by Gasteiger charge is -1.97. The van der Waals surface area contributed by atoms with Crippen molar-refractivity contribution in [2.24, 2.45) is 5.73 Å². The van der Waals surface area contributed by atoms with E-state index in [9.17, 15) is 4.79 Å². The fourth-order valence-electron chi connectivity index (χ4n) is 1.20. The first-order chi connectivity index (χ1) is 6.27. The molecule has 0 atom stereocenters. The summed E-state index contributed by atoms with van der Waals surface area (Å²) in [7, 11) is 0. The summed E-state index contributed by atoms with van der Waals surface area (Å²) in [4.78, 5) is 14.9. The average molecular weight is 281 g/mol. The van der Waals surface area contributed by atoms with Crippen LogP contribution in [0, 0.1) is 0 Å². The number of para-hydroxylation sites is 1. The average Bonchev–Trinajstić information content (AvgIpc) is 2.17. The van der Waals surface area contributed by atoms with Gasteiger partial charge in [-0.15, -0.1) is 24.8 Å². The molecular formula is C10H14Cl2N2O3. The molecule has 0 saturated carbocycles. The van der Waals surface area contributed by atoms with Crippen LogP contribution in [0.1, 0.15) is 10.5 Å². The normalized spacial score (nSPS) is 7.76. The molecule has 1 aromatic heterocycles. The van der Waals surface area contributed by atoms with Crippen LogP contribution >= 0.6 is 24.8 Å². The van der Waals surface area contributed by atoms with Crippen molar-refractivity contribution in [3.8, 4) is 0 Å². The summed E-state index contributed by atoms with van der Waals surface area (Å²) >= 11 is 0. The number of hydrogen-bond acceptors (Lipinski definition) is 2. The zero-order valence-corrected chi connectivity index (χ0v) is 10.3. The third-order valence-electron chi connectivity index (χ3n) is 1.85. The van der Waals surface area contributed by atoms with Gasteiger partial charge in [0.2, 0.25) is 0 Å². The second kappa shape index (κ2) is 8.72. The fourth-order valence-corrected chi connectivity index (χ4v) is 1.20. The number of halogens is 2. The molecule has 0 aliphatic heterocycles. The first kappa shape index (κ1) is 20.9. The smallest absolute Gasteiger partial charge is 0.267 e. The Hall–Kier alpha value is -1.40. The van der Waals surface area contributed by atoms with Gasteiger partial charge in [-0.05, 0) is 12.1 Å². The number of carbonyl (C=O) groups excluding carboxylic acids is 1. The van der Waals surface area contributed by atoms with Crippen molar-refractivity contribution >= 4 is 41.6 Å². The summed E-state index contributed by atoms with van der Waals surface area (Å²) in [6.45, 7) is 0. The van der Waals surface area contributed by atoms with E-state index in [1.54, 1.807) is 6.07 Å². The van der Waals surface area contributed by atoms with Crippen molar-refractivity contribution in [1.29, 1.82) is 0 Å². The Morgan fingerprint density at radius 1 is 1.00 bits per heavy atom.